The predicted octanol–water partition coefficient (Wildman–Crippen LogP) is 4.18. The Balaban J connectivity index is 2.44. The van der Waals surface area contributed by atoms with Crippen molar-refractivity contribution in [3.05, 3.63) is 54.5 Å². The van der Waals surface area contributed by atoms with Gasteiger partial charge in [0.1, 0.15) is 0 Å². The van der Waals surface area contributed by atoms with Crippen LogP contribution in [0.15, 0.2) is 43.0 Å². The highest BCUT2D eigenvalue weighted by atomic mass is 14.1. The van der Waals surface area contributed by atoms with Crippen LogP contribution in [0.4, 0.5) is 0 Å². The zero-order valence-corrected chi connectivity index (χ0v) is 9.00. The molecule has 0 unspecified atom stereocenters. The van der Waals surface area contributed by atoms with Crippen molar-refractivity contribution in [2.24, 2.45) is 0 Å². The molecular formula is C14H19. The van der Waals surface area contributed by atoms with E-state index in [0.717, 1.165) is 6.42 Å². The van der Waals surface area contributed by atoms with Crippen molar-refractivity contribution in [3.8, 4) is 0 Å². The number of hydrogen-bond acceptors (Lipinski definition) is 0. The SMILES string of the molecule is C=C[C](CCCC)Cc1ccccc1. The zero-order chi connectivity index (χ0) is 10.2. The molecule has 0 heteroatoms. The third kappa shape index (κ3) is 3.78. The number of rotatable bonds is 6. The van der Waals surface area contributed by atoms with Gasteiger partial charge in [-0.3, -0.25) is 0 Å². The second-order valence-electron chi connectivity index (χ2n) is 3.63. The average Bonchev–Trinajstić information content (AvgIpc) is 2.25. The predicted molar refractivity (Wildman–Crippen MR) is 63.1 cm³/mol. The molecule has 1 radical (unpaired) electrons. The van der Waals surface area contributed by atoms with E-state index in [1.54, 1.807) is 0 Å². The van der Waals surface area contributed by atoms with Gasteiger partial charge < -0.3 is 0 Å². The van der Waals surface area contributed by atoms with Crippen LogP contribution in [0.1, 0.15) is 31.7 Å². The van der Waals surface area contributed by atoms with Crippen molar-refractivity contribution in [2.75, 3.05) is 0 Å². The monoisotopic (exact) mass is 187 g/mol. The van der Waals surface area contributed by atoms with Crippen LogP contribution < -0.4 is 0 Å². The Morgan fingerprint density at radius 2 is 2.00 bits per heavy atom. The molecule has 0 aliphatic carbocycles. The Morgan fingerprint density at radius 1 is 1.29 bits per heavy atom. The lowest BCUT2D eigenvalue weighted by Crippen LogP contribution is -1.98. The van der Waals surface area contributed by atoms with Gasteiger partial charge in [-0.15, -0.1) is 6.58 Å². The van der Waals surface area contributed by atoms with E-state index >= 15 is 0 Å². The Morgan fingerprint density at radius 3 is 2.57 bits per heavy atom. The van der Waals surface area contributed by atoms with E-state index in [1.165, 1.54) is 30.7 Å². The first-order chi connectivity index (χ1) is 6.86. The summed E-state index contributed by atoms with van der Waals surface area (Å²) >= 11 is 0. The summed E-state index contributed by atoms with van der Waals surface area (Å²) in [6.07, 6.45) is 6.79. The van der Waals surface area contributed by atoms with Crippen LogP contribution in [0.25, 0.3) is 0 Å². The maximum absolute atomic E-state index is 3.87. The van der Waals surface area contributed by atoms with Crippen LogP contribution in [0.3, 0.4) is 0 Å². The maximum Gasteiger partial charge on any atom is 0.00134 e. The average molecular weight is 187 g/mol. The molecule has 0 amide bonds. The summed E-state index contributed by atoms with van der Waals surface area (Å²) in [5, 5.41) is 0. The Kier molecular flexibility index (Phi) is 5.06. The van der Waals surface area contributed by atoms with Crippen molar-refractivity contribution in [1.82, 2.24) is 0 Å². The topological polar surface area (TPSA) is 0 Å². The molecule has 14 heavy (non-hydrogen) atoms. The highest BCUT2D eigenvalue weighted by Crippen LogP contribution is 2.17. The standard InChI is InChI=1S/C14H19/c1-3-5-9-13(4-2)12-14-10-7-6-8-11-14/h4,6-8,10-11H,2-3,5,9,12H2,1H3. The zero-order valence-electron chi connectivity index (χ0n) is 9.00. The molecule has 0 aliphatic rings. The molecule has 0 heterocycles. The number of allylic oxidation sites excluding steroid dienone is 1. The van der Waals surface area contributed by atoms with Crippen molar-refractivity contribution >= 4 is 0 Å². The highest BCUT2D eigenvalue weighted by molar-refractivity contribution is 5.22. The van der Waals surface area contributed by atoms with Gasteiger partial charge in [0.15, 0.2) is 0 Å². The molecule has 0 atom stereocenters. The quantitative estimate of drug-likeness (QED) is 0.626. The van der Waals surface area contributed by atoms with Crippen LogP contribution >= 0.6 is 0 Å². The van der Waals surface area contributed by atoms with Crippen molar-refractivity contribution in [3.63, 3.8) is 0 Å². The molecule has 1 rings (SSSR count). The van der Waals surface area contributed by atoms with Crippen molar-refractivity contribution in [1.29, 1.82) is 0 Å². The minimum absolute atomic E-state index is 1.06. The Hall–Kier alpha value is -1.04. The fourth-order valence-corrected chi connectivity index (χ4v) is 1.52. The van der Waals surface area contributed by atoms with Crippen LogP contribution in [0, 0.1) is 5.92 Å². The van der Waals surface area contributed by atoms with Gasteiger partial charge in [-0.25, -0.2) is 0 Å². The van der Waals surface area contributed by atoms with Crippen molar-refractivity contribution < 1.29 is 0 Å². The van der Waals surface area contributed by atoms with Gasteiger partial charge in [0.2, 0.25) is 0 Å². The Labute approximate surface area is 87.7 Å². The summed E-state index contributed by atoms with van der Waals surface area (Å²) in [6.45, 7) is 6.10. The fourth-order valence-electron chi connectivity index (χ4n) is 1.52. The molecule has 0 aliphatic heterocycles. The normalized spacial score (nSPS) is 10.4. The van der Waals surface area contributed by atoms with Crippen LogP contribution in [-0.2, 0) is 6.42 Å². The molecule has 0 N–H and O–H groups in total. The molecule has 75 valence electrons. The first-order valence-corrected chi connectivity index (χ1v) is 5.38. The number of hydrogen-bond donors (Lipinski definition) is 0. The third-order valence-electron chi connectivity index (χ3n) is 2.41. The summed E-state index contributed by atoms with van der Waals surface area (Å²) in [5.74, 6) is 1.46. The molecule has 0 spiro atoms. The van der Waals surface area contributed by atoms with Gasteiger partial charge >= 0.3 is 0 Å². The molecular weight excluding hydrogens is 168 g/mol. The fraction of sp³-hybridized carbons (Fsp3) is 0.357. The van der Waals surface area contributed by atoms with E-state index in [4.69, 9.17) is 0 Å². The van der Waals surface area contributed by atoms with Crippen LogP contribution in [-0.4, -0.2) is 0 Å². The number of unbranched alkanes of at least 4 members (excludes halogenated alkanes) is 1. The summed E-state index contributed by atoms with van der Waals surface area (Å²) in [6, 6.07) is 10.6. The molecule has 0 nitrogen and oxygen atoms in total. The summed E-state index contributed by atoms with van der Waals surface area (Å²) in [5.41, 5.74) is 1.39. The van der Waals surface area contributed by atoms with Crippen LogP contribution in [0.5, 0.6) is 0 Å². The van der Waals surface area contributed by atoms with E-state index in [0.29, 0.717) is 0 Å². The third-order valence-corrected chi connectivity index (χ3v) is 2.41. The van der Waals surface area contributed by atoms with E-state index in [-0.39, 0.29) is 0 Å². The van der Waals surface area contributed by atoms with E-state index in [9.17, 15) is 0 Å². The minimum Gasteiger partial charge on any atom is -0.102 e. The van der Waals surface area contributed by atoms with Gasteiger partial charge in [-0.1, -0.05) is 56.2 Å². The molecule has 0 fully saturated rings. The maximum atomic E-state index is 3.87. The largest absolute Gasteiger partial charge is 0.102 e. The minimum atomic E-state index is 1.06. The van der Waals surface area contributed by atoms with Gasteiger partial charge in [-0.2, -0.15) is 0 Å². The van der Waals surface area contributed by atoms with Gasteiger partial charge in [0.05, 0.1) is 0 Å². The van der Waals surface area contributed by atoms with Crippen molar-refractivity contribution in [2.45, 2.75) is 32.6 Å². The van der Waals surface area contributed by atoms with Gasteiger partial charge in [0.25, 0.3) is 0 Å². The molecule has 1 aromatic rings. The van der Waals surface area contributed by atoms with E-state index < -0.39 is 0 Å². The van der Waals surface area contributed by atoms with Crippen LogP contribution in [0.2, 0.25) is 0 Å². The second kappa shape index (κ2) is 6.42. The molecule has 0 saturated carbocycles. The van der Waals surface area contributed by atoms with Gasteiger partial charge in [0, 0.05) is 5.92 Å². The lowest BCUT2D eigenvalue weighted by atomic mass is 9.94. The summed E-state index contributed by atoms with van der Waals surface area (Å²) < 4.78 is 0. The molecule has 1 aromatic carbocycles. The van der Waals surface area contributed by atoms with E-state index in [1.807, 2.05) is 6.08 Å². The summed E-state index contributed by atoms with van der Waals surface area (Å²) in [7, 11) is 0. The Bertz CT molecular complexity index is 248. The molecule has 0 bridgehead atoms. The first kappa shape index (κ1) is 11.0. The van der Waals surface area contributed by atoms with E-state index in [2.05, 4.69) is 43.8 Å². The summed E-state index contributed by atoms with van der Waals surface area (Å²) in [4.78, 5) is 0. The lowest BCUT2D eigenvalue weighted by molar-refractivity contribution is 0.726. The van der Waals surface area contributed by atoms with Gasteiger partial charge in [-0.05, 0) is 18.4 Å². The lowest BCUT2D eigenvalue weighted by Gasteiger charge is -2.10. The smallest absolute Gasteiger partial charge is 0.00134 e. The first-order valence-electron chi connectivity index (χ1n) is 5.38. The highest BCUT2D eigenvalue weighted by Gasteiger charge is 2.04. The number of benzene rings is 1. The molecule has 0 saturated heterocycles. The molecule has 0 aromatic heterocycles. The second-order valence-corrected chi connectivity index (χ2v) is 3.63.